The van der Waals surface area contributed by atoms with E-state index in [2.05, 4.69) is 5.32 Å². The van der Waals surface area contributed by atoms with E-state index in [1.807, 2.05) is 0 Å². The summed E-state index contributed by atoms with van der Waals surface area (Å²) in [6.45, 7) is 6.12. The van der Waals surface area contributed by atoms with Gasteiger partial charge in [-0.05, 0) is 50.1 Å². The van der Waals surface area contributed by atoms with Crippen molar-refractivity contribution in [2.24, 2.45) is 0 Å². The quantitative estimate of drug-likeness (QED) is 0.357. The lowest BCUT2D eigenvalue weighted by Crippen LogP contribution is -2.37. The van der Waals surface area contributed by atoms with Crippen molar-refractivity contribution in [3.05, 3.63) is 74.6 Å². The summed E-state index contributed by atoms with van der Waals surface area (Å²) in [5, 5.41) is 23.1. The molecule has 2 aromatic rings. The minimum atomic E-state index is -1.72. The van der Waals surface area contributed by atoms with Gasteiger partial charge in [0.25, 0.3) is 5.69 Å². The molecule has 2 aromatic carbocycles. The molecule has 0 radical (unpaired) electrons. The van der Waals surface area contributed by atoms with E-state index in [0.717, 1.165) is 18.2 Å². The van der Waals surface area contributed by atoms with Gasteiger partial charge in [-0.3, -0.25) is 10.1 Å². The Morgan fingerprint density at radius 1 is 1.12 bits per heavy atom. The maximum Gasteiger partial charge on any atom is 0.408 e. The van der Waals surface area contributed by atoms with Crippen molar-refractivity contribution in [3.63, 3.8) is 0 Å². The summed E-state index contributed by atoms with van der Waals surface area (Å²) in [6, 6.07) is 2.97. The van der Waals surface area contributed by atoms with Crippen LogP contribution in [0.15, 0.2) is 30.3 Å². The van der Waals surface area contributed by atoms with Crippen LogP contribution < -0.4 is 5.32 Å². The van der Waals surface area contributed by atoms with Crippen LogP contribution in [0.5, 0.6) is 0 Å². The number of rotatable bonds is 6. The molecule has 0 saturated carbocycles. The van der Waals surface area contributed by atoms with Gasteiger partial charge >= 0.3 is 12.1 Å². The fraction of sp³-hybridized carbons (Fsp3) is 0.333. The van der Waals surface area contributed by atoms with Crippen LogP contribution >= 0.6 is 0 Å². The fourth-order valence-electron chi connectivity index (χ4n) is 3.10. The van der Waals surface area contributed by atoms with E-state index in [0.29, 0.717) is 12.1 Å². The van der Waals surface area contributed by atoms with Crippen LogP contribution in [-0.4, -0.2) is 27.7 Å². The predicted molar refractivity (Wildman–Crippen MR) is 107 cm³/mol. The zero-order valence-corrected chi connectivity index (χ0v) is 17.6. The summed E-state index contributed by atoms with van der Waals surface area (Å²) in [5.41, 5.74) is -2.00. The van der Waals surface area contributed by atoms with Crippen LogP contribution in [-0.2, 0) is 4.74 Å². The molecule has 0 aromatic heterocycles. The van der Waals surface area contributed by atoms with Gasteiger partial charge in [0.15, 0.2) is 17.5 Å². The van der Waals surface area contributed by atoms with Crippen molar-refractivity contribution in [3.8, 4) is 0 Å². The van der Waals surface area contributed by atoms with Gasteiger partial charge in [-0.25, -0.2) is 22.8 Å². The topological polar surface area (TPSA) is 119 Å². The van der Waals surface area contributed by atoms with E-state index in [4.69, 9.17) is 4.74 Å². The first-order valence-electron chi connectivity index (χ1n) is 9.37. The van der Waals surface area contributed by atoms with Gasteiger partial charge in [0.05, 0.1) is 16.5 Å². The number of benzene rings is 2. The average molecular weight is 454 g/mol. The summed E-state index contributed by atoms with van der Waals surface area (Å²) in [6.07, 6.45) is -0.998. The molecule has 0 saturated heterocycles. The summed E-state index contributed by atoms with van der Waals surface area (Å²) < 4.78 is 46.5. The number of carbonyl (C=O) groups is 2. The third-order valence-corrected chi connectivity index (χ3v) is 4.50. The third kappa shape index (κ3) is 5.74. The van der Waals surface area contributed by atoms with Crippen molar-refractivity contribution in [2.75, 3.05) is 0 Å². The van der Waals surface area contributed by atoms with Crippen molar-refractivity contribution < 1.29 is 37.5 Å². The van der Waals surface area contributed by atoms with Gasteiger partial charge in [0.1, 0.15) is 5.60 Å². The van der Waals surface area contributed by atoms with Gasteiger partial charge < -0.3 is 15.2 Å². The molecule has 1 amide bonds. The van der Waals surface area contributed by atoms with Crippen molar-refractivity contribution >= 4 is 17.7 Å². The molecular weight excluding hydrogens is 433 g/mol. The summed E-state index contributed by atoms with van der Waals surface area (Å²) in [5.74, 6) is -7.24. The van der Waals surface area contributed by atoms with Gasteiger partial charge in [-0.15, -0.1) is 0 Å². The normalized spacial score (nSPS) is 13.2. The summed E-state index contributed by atoms with van der Waals surface area (Å²) in [7, 11) is 0. The maximum absolute atomic E-state index is 13.9. The number of ether oxygens (including phenoxy) is 1. The molecule has 8 nitrogen and oxygen atoms in total. The number of non-ortho nitro benzene ring substituents is 1. The van der Waals surface area contributed by atoms with E-state index in [1.54, 1.807) is 20.8 Å². The molecule has 2 N–H and O–H groups in total. The van der Waals surface area contributed by atoms with Crippen LogP contribution in [0, 0.1) is 27.6 Å². The number of nitrogens with zero attached hydrogens (tertiary/aromatic N) is 1. The number of amides is 1. The molecular formula is C21H21F3N2O6. The molecule has 0 bridgehead atoms. The van der Waals surface area contributed by atoms with E-state index in [-0.39, 0.29) is 16.7 Å². The molecule has 0 fully saturated rings. The van der Waals surface area contributed by atoms with Crippen LogP contribution in [0.4, 0.5) is 23.7 Å². The SMILES string of the molecule is C[C@H](c1cc([N+](=O)[O-])ccc1C(=O)O)[C@@H](NC(=O)OC(C)(C)C)c1cc(F)c(F)c(F)c1. The minimum absolute atomic E-state index is 0.0853. The van der Waals surface area contributed by atoms with Gasteiger partial charge in [0, 0.05) is 18.1 Å². The van der Waals surface area contributed by atoms with E-state index < -0.39 is 57.7 Å². The zero-order valence-electron chi connectivity index (χ0n) is 17.6. The standard InChI is InChI=1S/C21H21F3N2O6/c1-10(14-9-12(26(30)31)5-6-13(14)19(27)28)18(25-20(29)32-21(2,3)4)11-7-15(22)17(24)16(23)8-11/h5-10,18H,1-4H3,(H,25,29)(H,27,28)/t10-,18-/m1/s1. The number of hydrogen-bond acceptors (Lipinski definition) is 5. The van der Waals surface area contributed by atoms with Crippen molar-refractivity contribution in [1.82, 2.24) is 5.32 Å². The average Bonchev–Trinajstić information content (AvgIpc) is 2.67. The Balaban J connectivity index is 2.64. The molecule has 0 unspecified atom stereocenters. The molecule has 0 aliphatic carbocycles. The molecule has 32 heavy (non-hydrogen) atoms. The number of nitro benzene ring substituents is 1. The smallest absolute Gasteiger partial charge is 0.408 e. The first kappa shape index (κ1) is 24.6. The lowest BCUT2D eigenvalue weighted by molar-refractivity contribution is -0.384. The summed E-state index contributed by atoms with van der Waals surface area (Å²) in [4.78, 5) is 34.5. The monoisotopic (exact) mass is 454 g/mol. The highest BCUT2D eigenvalue weighted by Crippen LogP contribution is 2.36. The Bertz CT molecular complexity index is 1040. The molecule has 172 valence electrons. The molecule has 11 heteroatoms. The van der Waals surface area contributed by atoms with Crippen LogP contribution in [0.25, 0.3) is 0 Å². The van der Waals surface area contributed by atoms with Gasteiger partial charge in [0.2, 0.25) is 0 Å². The minimum Gasteiger partial charge on any atom is -0.478 e. The molecule has 0 aliphatic heterocycles. The lowest BCUT2D eigenvalue weighted by Gasteiger charge is -2.29. The zero-order chi connectivity index (χ0) is 24.4. The molecule has 2 rings (SSSR count). The first-order chi connectivity index (χ1) is 14.7. The van der Waals surface area contributed by atoms with Crippen LogP contribution in [0.2, 0.25) is 0 Å². The Labute approximate surface area is 181 Å². The number of carboxylic acids is 1. The largest absolute Gasteiger partial charge is 0.478 e. The number of halogens is 3. The second kappa shape index (κ2) is 9.25. The lowest BCUT2D eigenvalue weighted by atomic mass is 9.85. The number of aromatic carboxylic acids is 1. The number of carboxylic acid groups (broad SMARTS) is 1. The van der Waals surface area contributed by atoms with Crippen molar-refractivity contribution in [2.45, 2.75) is 45.3 Å². The Morgan fingerprint density at radius 2 is 1.69 bits per heavy atom. The second-order valence-electron chi connectivity index (χ2n) is 8.04. The van der Waals surface area contributed by atoms with E-state index in [9.17, 15) is 38.0 Å². The number of carbonyl (C=O) groups excluding carboxylic acids is 1. The van der Waals surface area contributed by atoms with Crippen molar-refractivity contribution in [1.29, 1.82) is 0 Å². The highest BCUT2D eigenvalue weighted by Gasteiger charge is 2.31. The fourth-order valence-corrected chi connectivity index (χ4v) is 3.10. The molecule has 0 spiro atoms. The third-order valence-electron chi connectivity index (χ3n) is 4.50. The predicted octanol–water partition coefficient (Wildman–Crippen LogP) is 5.08. The van der Waals surface area contributed by atoms with Crippen LogP contribution in [0.3, 0.4) is 0 Å². The van der Waals surface area contributed by atoms with E-state index >= 15 is 0 Å². The van der Waals surface area contributed by atoms with E-state index in [1.165, 1.54) is 6.92 Å². The highest BCUT2D eigenvalue weighted by molar-refractivity contribution is 5.90. The number of alkyl carbamates (subject to hydrolysis) is 1. The Kier molecular flexibility index (Phi) is 7.12. The number of nitrogens with one attached hydrogen (secondary N) is 1. The number of nitro groups is 1. The molecule has 2 atom stereocenters. The highest BCUT2D eigenvalue weighted by atomic mass is 19.2. The molecule has 0 aliphatic rings. The number of hydrogen-bond donors (Lipinski definition) is 2. The summed E-state index contributed by atoms with van der Waals surface area (Å²) >= 11 is 0. The Morgan fingerprint density at radius 3 is 2.16 bits per heavy atom. The van der Waals surface area contributed by atoms with Gasteiger partial charge in [-0.2, -0.15) is 0 Å². The Hall–Kier alpha value is -3.63. The molecule has 0 heterocycles. The maximum atomic E-state index is 13.9. The second-order valence-corrected chi connectivity index (χ2v) is 8.04. The van der Waals surface area contributed by atoms with Gasteiger partial charge in [-0.1, -0.05) is 6.92 Å². The van der Waals surface area contributed by atoms with Crippen LogP contribution in [0.1, 0.15) is 61.1 Å². The first-order valence-corrected chi connectivity index (χ1v) is 9.37.